The highest BCUT2D eigenvalue weighted by Crippen LogP contribution is 2.49. The summed E-state index contributed by atoms with van der Waals surface area (Å²) in [5, 5.41) is 11.7. The van der Waals surface area contributed by atoms with E-state index in [1.54, 1.807) is 0 Å². The van der Waals surface area contributed by atoms with Gasteiger partial charge in [0.2, 0.25) is 11.8 Å². The molecule has 1 aliphatic carbocycles. The number of carbonyl (C=O) groups excluding carboxylic acids is 2. The molecule has 17 heavy (non-hydrogen) atoms. The van der Waals surface area contributed by atoms with Gasteiger partial charge in [0.1, 0.15) is 0 Å². The van der Waals surface area contributed by atoms with Crippen LogP contribution in [0.25, 0.3) is 0 Å². The lowest BCUT2D eigenvalue weighted by molar-refractivity contribution is -0.150. The largest absolute Gasteiger partial charge is 0.297 e. The van der Waals surface area contributed by atoms with Gasteiger partial charge < -0.3 is 0 Å². The summed E-state index contributed by atoms with van der Waals surface area (Å²) < 4.78 is 0. The van der Waals surface area contributed by atoms with Crippen molar-refractivity contribution in [2.75, 3.05) is 13.1 Å². The maximum Gasteiger partial charge on any atom is 0.246 e. The minimum absolute atomic E-state index is 0.101. The average Bonchev–Trinajstić information content (AvgIpc) is 3.05. The molecule has 1 atom stereocenters. The van der Waals surface area contributed by atoms with Gasteiger partial charge in [-0.25, -0.2) is 0 Å². The smallest absolute Gasteiger partial charge is 0.246 e. The number of nitrogens with one attached hydrogen (secondary N) is 1. The minimum Gasteiger partial charge on any atom is -0.297 e. The fourth-order valence-electron chi connectivity index (χ4n) is 2.26. The van der Waals surface area contributed by atoms with E-state index in [2.05, 4.69) is 11.4 Å². The van der Waals surface area contributed by atoms with Gasteiger partial charge >= 0.3 is 0 Å². The van der Waals surface area contributed by atoms with Crippen molar-refractivity contribution < 1.29 is 9.59 Å². The zero-order chi connectivity index (χ0) is 12.5. The summed E-state index contributed by atoms with van der Waals surface area (Å²) in [5.74, 6) is -0.295. The Morgan fingerprint density at radius 2 is 2.24 bits per heavy atom. The molecule has 1 N–H and O–H groups in total. The van der Waals surface area contributed by atoms with Crippen LogP contribution in [0.1, 0.15) is 32.6 Å². The van der Waals surface area contributed by atoms with Gasteiger partial charge in [-0.05, 0) is 19.3 Å². The van der Waals surface area contributed by atoms with E-state index in [-0.39, 0.29) is 29.8 Å². The molecule has 0 bridgehead atoms. The van der Waals surface area contributed by atoms with Crippen molar-refractivity contribution in [1.82, 2.24) is 10.2 Å². The highest BCUT2D eigenvalue weighted by atomic mass is 16.2. The van der Waals surface area contributed by atoms with E-state index in [1.807, 2.05) is 6.92 Å². The number of imide groups is 1. The summed E-state index contributed by atoms with van der Waals surface area (Å²) in [4.78, 5) is 25.1. The van der Waals surface area contributed by atoms with Gasteiger partial charge in [-0.1, -0.05) is 6.92 Å². The molecular weight excluding hydrogens is 218 g/mol. The van der Waals surface area contributed by atoms with Crippen LogP contribution < -0.4 is 5.32 Å². The van der Waals surface area contributed by atoms with Crippen LogP contribution in [0.5, 0.6) is 0 Å². The molecule has 2 fully saturated rings. The van der Waals surface area contributed by atoms with Crippen molar-refractivity contribution in [2.45, 2.75) is 38.6 Å². The Hall–Kier alpha value is -1.41. The lowest BCUT2D eigenvalue weighted by Gasteiger charge is -2.33. The van der Waals surface area contributed by atoms with Gasteiger partial charge in [0.05, 0.1) is 18.7 Å². The topological polar surface area (TPSA) is 73.2 Å². The molecule has 2 rings (SSSR count). The van der Waals surface area contributed by atoms with Crippen LogP contribution in [-0.2, 0) is 9.59 Å². The van der Waals surface area contributed by atoms with Crippen LogP contribution in [0.4, 0.5) is 0 Å². The predicted octanol–water partition coefficient (Wildman–Crippen LogP) is 0.417. The molecule has 2 aliphatic rings. The third-order valence-electron chi connectivity index (χ3n) is 3.68. The number of nitrogens with zero attached hydrogens (tertiary/aromatic N) is 2. The van der Waals surface area contributed by atoms with E-state index < -0.39 is 0 Å². The molecule has 5 nitrogen and oxygen atoms in total. The Bertz CT molecular complexity index is 382. The molecule has 1 heterocycles. The number of nitriles is 1. The Balaban J connectivity index is 2.05. The van der Waals surface area contributed by atoms with Crippen molar-refractivity contribution in [3.8, 4) is 6.07 Å². The molecule has 1 aliphatic heterocycles. The molecule has 0 aromatic rings. The highest BCUT2D eigenvalue weighted by Gasteiger charge is 2.47. The van der Waals surface area contributed by atoms with E-state index in [9.17, 15) is 9.59 Å². The zero-order valence-corrected chi connectivity index (χ0v) is 10.0. The second-order valence-corrected chi connectivity index (χ2v) is 4.99. The Morgan fingerprint density at radius 3 is 2.76 bits per heavy atom. The van der Waals surface area contributed by atoms with Gasteiger partial charge in [-0.2, -0.15) is 5.26 Å². The van der Waals surface area contributed by atoms with Crippen LogP contribution in [-0.4, -0.2) is 35.8 Å². The molecular formula is C12H17N3O2. The van der Waals surface area contributed by atoms with Crippen molar-refractivity contribution >= 4 is 11.8 Å². The molecule has 2 amide bonds. The first kappa shape index (κ1) is 12.1. The van der Waals surface area contributed by atoms with Gasteiger partial charge in [0.15, 0.2) is 0 Å². The summed E-state index contributed by atoms with van der Waals surface area (Å²) in [6, 6.07) is 1.91. The molecule has 0 aromatic carbocycles. The van der Waals surface area contributed by atoms with Crippen LogP contribution >= 0.6 is 0 Å². The summed E-state index contributed by atoms with van der Waals surface area (Å²) >= 11 is 0. The van der Waals surface area contributed by atoms with E-state index >= 15 is 0 Å². The Kier molecular flexibility index (Phi) is 3.16. The van der Waals surface area contributed by atoms with E-state index in [0.29, 0.717) is 19.4 Å². The average molecular weight is 235 g/mol. The second kappa shape index (κ2) is 4.46. The van der Waals surface area contributed by atoms with Crippen LogP contribution in [0.3, 0.4) is 0 Å². The third kappa shape index (κ3) is 2.32. The van der Waals surface area contributed by atoms with Gasteiger partial charge in [-0.15, -0.1) is 0 Å². The number of hydrogen-bond donors (Lipinski definition) is 1. The van der Waals surface area contributed by atoms with Crippen LogP contribution in [0.2, 0.25) is 0 Å². The number of carbonyl (C=O) groups is 2. The summed E-state index contributed by atoms with van der Waals surface area (Å²) in [5.41, 5.74) is -0.101. The highest BCUT2D eigenvalue weighted by molar-refractivity contribution is 6.01. The van der Waals surface area contributed by atoms with Crippen molar-refractivity contribution in [1.29, 1.82) is 5.26 Å². The number of rotatable bonds is 4. The SMILES string of the molecule is CCC1NCC(=O)N(CC2(CC#N)CC2)C1=O. The molecule has 1 unspecified atom stereocenters. The maximum atomic E-state index is 12.0. The number of amides is 2. The molecule has 1 saturated heterocycles. The molecule has 1 saturated carbocycles. The Morgan fingerprint density at radius 1 is 1.53 bits per heavy atom. The minimum atomic E-state index is -0.245. The first-order valence-corrected chi connectivity index (χ1v) is 6.06. The van der Waals surface area contributed by atoms with E-state index in [0.717, 1.165) is 12.8 Å². The Labute approximate surface area is 101 Å². The standard InChI is InChI=1S/C12H17N3O2/c1-2-9-11(17)15(10(16)7-14-9)8-12(3-4-12)5-6-13/h9,14H,2-5,7-8H2,1H3. The first-order chi connectivity index (χ1) is 8.12. The fraction of sp³-hybridized carbons (Fsp3) is 0.750. The normalized spacial score (nSPS) is 26.8. The zero-order valence-electron chi connectivity index (χ0n) is 10.0. The maximum absolute atomic E-state index is 12.0. The monoisotopic (exact) mass is 235 g/mol. The summed E-state index contributed by atoms with van der Waals surface area (Å²) in [7, 11) is 0. The third-order valence-corrected chi connectivity index (χ3v) is 3.68. The van der Waals surface area contributed by atoms with Gasteiger partial charge in [0, 0.05) is 18.4 Å². The van der Waals surface area contributed by atoms with E-state index in [1.165, 1.54) is 4.90 Å². The molecule has 0 radical (unpaired) electrons. The predicted molar refractivity (Wildman–Crippen MR) is 60.7 cm³/mol. The lowest BCUT2D eigenvalue weighted by atomic mass is 10.0. The molecule has 92 valence electrons. The number of piperazine rings is 1. The van der Waals surface area contributed by atoms with Crippen molar-refractivity contribution in [3.63, 3.8) is 0 Å². The molecule has 0 aromatic heterocycles. The lowest BCUT2D eigenvalue weighted by Crippen LogP contribution is -2.59. The van der Waals surface area contributed by atoms with E-state index in [4.69, 9.17) is 5.26 Å². The molecule has 5 heteroatoms. The number of hydrogen-bond acceptors (Lipinski definition) is 4. The van der Waals surface area contributed by atoms with Crippen LogP contribution in [0.15, 0.2) is 0 Å². The second-order valence-electron chi connectivity index (χ2n) is 4.99. The molecule has 0 spiro atoms. The van der Waals surface area contributed by atoms with Crippen LogP contribution in [0, 0.1) is 16.7 Å². The fourth-order valence-corrected chi connectivity index (χ4v) is 2.26. The quantitative estimate of drug-likeness (QED) is 0.717. The summed E-state index contributed by atoms with van der Waals surface area (Å²) in [6.45, 7) is 2.58. The first-order valence-electron chi connectivity index (χ1n) is 6.06. The summed E-state index contributed by atoms with van der Waals surface area (Å²) in [6.07, 6.45) is 3.02. The van der Waals surface area contributed by atoms with Gasteiger partial charge in [0.25, 0.3) is 0 Å². The van der Waals surface area contributed by atoms with Gasteiger partial charge in [-0.3, -0.25) is 19.8 Å². The van der Waals surface area contributed by atoms with Crippen molar-refractivity contribution in [3.05, 3.63) is 0 Å². The van der Waals surface area contributed by atoms with Crippen molar-refractivity contribution in [2.24, 2.45) is 5.41 Å².